The predicted molar refractivity (Wildman–Crippen MR) is 115 cm³/mol. The number of benzene rings is 3. The standard InChI is InChI=1S/C24H18ClFN2O2/c1-15-5-4-7-19(13-15)27-22-21(16-9-11-18(25)12-10-16)23(29)28(24(22)30)14-17-6-2-3-8-20(17)26/h2-13,27H,14H2,1H3. The van der Waals surface area contributed by atoms with Crippen molar-refractivity contribution >= 4 is 34.7 Å². The first-order chi connectivity index (χ1) is 14.4. The van der Waals surface area contributed by atoms with Crippen molar-refractivity contribution in [3.8, 4) is 0 Å². The fourth-order valence-corrected chi connectivity index (χ4v) is 3.51. The third-order valence-electron chi connectivity index (χ3n) is 4.87. The Balaban J connectivity index is 1.76. The first kappa shape index (κ1) is 19.9. The minimum atomic E-state index is -0.505. The number of carbonyl (C=O) groups excluding carboxylic acids is 2. The second-order valence-corrected chi connectivity index (χ2v) is 7.48. The minimum absolute atomic E-state index is 0.152. The highest BCUT2D eigenvalue weighted by Gasteiger charge is 2.39. The molecule has 0 atom stereocenters. The lowest BCUT2D eigenvalue weighted by Gasteiger charge is -2.16. The number of hydrogen-bond donors (Lipinski definition) is 1. The van der Waals surface area contributed by atoms with Crippen molar-refractivity contribution in [1.29, 1.82) is 0 Å². The molecule has 0 fully saturated rings. The van der Waals surface area contributed by atoms with Crippen LogP contribution in [-0.2, 0) is 16.1 Å². The van der Waals surface area contributed by atoms with Crippen molar-refractivity contribution in [2.24, 2.45) is 0 Å². The van der Waals surface area contributed by atoms with E-state index < -0.39 is 17.6 Å². The molecule has 1 aliphatic rings. The van der Waals surface area contributed by atoms with Crippen molar-refractivity contribution in [1.82, 2.24) is 4.90 Å². The van der Waals surface area contributed by atoms with Crippen molar-refractivity contribution in [3.05, 3.63) is 106 Å². The summed E-state index contributed by atoms with van der Waals surface area (Å²) in [5.74, 6) is -1.46. The van der Waals surface area contributed by atoms with Crippen molar-refractivity contribution in [2.45, 2.75) is 13.5 Å². The van der Waals surface area contributed by atoms with E-state index in [1.165, 1.54) is 6.07 Å². The molecule has 6 heteroatoms. The highest BCUT2D eigenvalue weighted by atomic mass is 35.5. The molecule has 3 aromatic rings. The van der Waals surface area contributed by atoms with Gasteiger partial charge in [-0.1, -0.05) is 54.1 Å². The maximum Gasteiger partial charge on any atom is 0.278 e. The number of nitrogens with zero attached hydrogens (tertiary/aromatic N) is 1. The van der Waals surface area contributed by atoms with Crippen LogP contribution in [0.3, 0.4) is 0 Å². The van der Waals surface area contributed by atoms with Gasteiger partial charge in [0, 0.05) is 16.3 Å². The minimum Gasteiger partial charge on any atom is -0.350 e. The van der Waals surface area contributed by atoms with E-state index in [0.29, 0.717) is 16.3 Å². The van der Waals surface area contributed by atoms with Crippen LogP contribution < -0.4 is 5.32 Å². The Bertz CT molecular complexity index is 1170. The molecule has 3 aromatic carbocycles. The van der Waals surface area contributed by atoms with Crippen LogP contribution in [0.1, 0.15) is 16.7 Å². The number of carbonyl (C=O) groups is 2. The topological polar surface area (TPSA) is 49.4 Å². The van der Waals surface area contributed by atoms with Crippen LogP contribution in [0.4, 0.5) is 10.1 Å². The molecule has 1 aliphatic heterocycles. The van der Waals surface area contributed by atoms with E-state index in [4.69, 9.17) is 11.6 Å². The van der Waals surface area contributed by atoms with Gasteiger partial charge < -0.3 is 5.32 Å². The van der Waals surface area contributed by atoms with E-state index in [-0.39, 0.29) is 23.4 Å². The maximum absolute atomic E-state index is 14.2. The molecule has 0 radical (unpaired) electrons. The quantitative estimate of drug-likeness (QED) is 0.578. The van der Waals surface area contributed by atoms with E-state index in [9.17, 15) is 14.0 Å². The molecular formula is C24H18ClFN2O2. The zero-order valence-corrected chi connectivity index (χ0v) is 16.9. The lowest BCUT2D eigenvalue weighted by Crippen LogP contribution is -2.32. The average molecular weight is 421 g/mol. The van der Waals surface area contributed by atoms with Crippen LogP contribution in [-0.4, -0.2) is 16.7 Å². The van der Waals surface area contributed by atoms with Gasteiger partial charge in [-0.25, -0.2) is 4.39 Å². The number of imide groups is 1. The summed E-state index contributed by atoms with van der Waals surface area (Å²) in [4.78, 5) is 27.5. The second kappa shape index (κ2) is 8.13. The Morgan fingerprint density at radius 1 is 0.933 bits per heavy atom. The van der Waals surface area contributed by atoms with Gasteiger partial charge in [0.1, 0.15) is 11.5 Å². The van der Waals surface area contributed by atoms with Crippen LogP contribution in [0.5, 0.6) is 0 Å². The largest absolute Gasteiger partial charge is 0.350 e. The number of halogens is 2. The van der Waals surface area contributed by atoms with Gasteiger partial charge in [0.25, 0.3) is 11.8 Å². The normalized spacial score (nSPS) is 13.9. The highest BCUT2D eigenvalue weighted by Crippen LogP contribution is 2.32. The van der Waals surface area contributed by atoms with Gasteiger partial charge in [-0.3, -0.25) is 14.5 Å². The third-order valence-corrected chi connectivity index (χ3v) is 5.13. The van der Waals surface area contributed by atoms with Gasteiger partial charge in [-0.15, -0.1) is 0 Å². The first-order valence-electron chi connectivity index (χ1n) is 9.37. The maximum atomic E-state index is 14.2. The fourth-order valence-electron chi connectivity index (χ4n) is 3.38. The summed E-state index contributed by atoms with van der Waals surface area (Å²) in [6.45, 7) is 1.78. The summed E-state index contributed by atoms with van der Waals surface area (Å²) in [7, 11) is 0. The van der Waals surface area contributed by atoms with E-state index in [2.05, 4.69) is 5.32 Å². The van der Waals surface area contributed by atoms with Gasteiger partial charge in [0.2, 0.25) is 0 Å². The lowest BCUT2D eigenvalue weighted by molar-refractivity contribution is -0.137. The van der Waals surface area contributed by atoms with Gasteiger partial charge in [0.15, 0.2) is 0 Å². The number of aryl methyl sites for hydroxylation is 1. The second-order valence-electron chi connectivity index (χ2n) is 7.04. The molecule has 0 saturated heterocycles. The molecule has 0 aromatic heterocycles. The predicted octanol–water partition coefficient (Wildman–Crippen LogP) is 5.18. The zero-order valence-electron chi connectivity index (χ0n) is 16.2. The van der Waals surface area contributed by atoms with Crippen LogP contribution in [0.25, 0.3) is 5.57 Å². The Morgan fingerprint density at radius 2 is 1.67 bits per heavy atom. The number of amides is 2. The lowest BCUT2D eigenvalue weighted by atomic mass is 10.0. The van der Waals surface area contributed by atoms with Gasteiger partial charge in [0.05, 0.1) is 12.1 Å². The summed E-state index contributed by atoms with van der Waals surface area (Å²) in [5, 5.41) is 3.62. The molecule has 0 bridgehead atoms. The van der Waals surface area contributed by atoms with Crippen LogP contribution in [0, 0.1) is 12.7 Å². The van der Waals surface area contributed by atoms with Gasteiger partial charge in [-0.2, -0.15) is 0 Å². The Hall–Kier alpha value is -3.44. The Labute approximate surface area is 178 Å². The van der Waals surface area contributed by atoms with Crippen LogP contribution in [0.15, 0.2) is 78.5 Å². The van der Waals surface area contributed by atoms with Crippen molar-refractivity contribution < 1.29 is 14.0 Å². The molecule has 0 saturated carbocycles. The van der Waals surface area contributed by atoms with E-state index in [1.54, 1.807) is 42.5 Å². The summed E-state index contributed by atoms with van der Waals surface area (Å²) < 4.78 is 14.2. The van der Waals surface area contributed by atoms with Crippen molar-refractivity contribution in [3.63, 3.8) is 0 Å². The number of anilines is 1. The molecule has 4 rings (SSSR count). The molecule has 4 nitrogen and oxygen atoms in total. The highest BCUT2D eigenvalue weighted by molar-refractivity contribution is 6.36. The van der Waals surface area contributed by atoms with E-state index in [0.717, 1.165) is 10.5 Å². The molecule has 2 amide bonds. The Morgan fingerprint density at radius 3 is 2.37 bits per heavy atom. The van der Waals surface area contributed by atoms with Crippen molar-refractivity contribution in [2.75, 3.05) is 5.32 Å². The Kier molecular flexibility index (Phi) is 5.38. The van der Waals surface area contributed by atoms with Crippen LogP contribution >= 0.6 is 11.6 Å². The fraction of sp³-hybridized carbons (Fsp3) is 0.0833. The average Bonchev–Trinajstić information content (AvgIpc) is 2.95. The zero-order chi connectivity index (χ0) is 21.3. The molecular weight excluding hydrogens is 403 g/mol. The summed E-state index contributed by atoms with van der Waals surface area (Å²) in [5.41, 5.74) is 2.91. The molecule has 0 aliphatic carbocycles. The molecule has 0 unspecified atom stereocenters. The number of hydrogen-bond acceptors (Lipinski definition) is 3. The molecule has 30 heavy (non-hydrogen) atoms. The SMILES string of the molecule is Cc1cccc(NC2=C(c3ccc(Cl)cc3)C(=O)N(Cc3ccccc3F)C2=O)c1. The summed E-state index contributed by atoms with van der Waals surface area (Å²) in [6, 6.07) is 20.3. The summed E-state index contributed by atoms with van der Waals surface area (Å²) in [6.07, 6.45) is 0. The van der Waals surface area contributed by atoms with E-state index >= 15 is 0 Å². The molecule has 1 N–H and O–H groups in total. The number of rotatable bonds is 5. The summed E-state index contributed by atoms with van der Waals surface area (Å²) >= 11 is 5.98. The smallest absolute Gasteiger partial charge is 0.278 e. The van der Waals surface area contributed by atoms with Crippen LogP contribution in [0.2, 0.25) is 5.02 Å². The van der Waals surface area contributed by atoms with Gasteiger partial charge in [-0.05, 0) is 48.4 Å². The third kappa shape index (κ3) is 3.84. The number of nitrogens with one attached hydrogen (secondary N) is 1. The first-order valence-corrected chi connectivity index (χ1v) is 9.75. The monoisotopic (exact) mass is 420 g/mol. The molecule has 0 spiro atoms. The molecule has 1 heterocycles. The van der Waals surface area contributed by atoms with Gasteiger partial charge >= 0.3 is 0 Å². The van der Waals surface area contributed by atoms with E-state index in [1.807, 2.05) is 31.2 Å². The molecule has 150 valence electrons.